The molecule has 2 aromatic carbocycles. The molecular formula is C22H30IN5O3. The molecule has 5 N–H and O–H groups in total. The number of hydrogen-bond acceptors (Lipinski definition) is 4. The lowest BCUT2D eigenvalue weighted by Gasteiger charge is -2.14. The smallest absolute Gasteiger partial charge is 0.251 e. The van der Waals surface area contributed by atoms with Gasteiger partial charge in [-0.05, 0) is 42.7 Å². The zero-order valence-electron chi connectivity index (χ0n) is 18.0. The van der Waals surface area contributed by atoms with Gasteiger partial charge in [-0.1, -0.05) is 29.8 Å². The van der Waals surface area contributed by atoms with Gasteiger partial charge < -0.3 is 26.4 Å². The van der Waals surface area contributed by atoms with Crippen molar-refractivity contribution in [1.29, 1.82) is 0 Å². The van der Waals surface area contributed by atoms with Crippen LogP contribution in [-0.2, 0) is 17.8 Å². The van der Waals surface area contributed by atoms with Gasteiger partial charge in [0.05, 0.1) is 13.7 Å². The number of carbonyl (C=O) groups is 2. The van der Waals surface area contributed by atoms with E-state index in [4.69, 9.17) is 10.5 Å². The van der Waals surface area contributed by atoms with E-state index in [0.717, 1.165) is 23.3 Å². The molecule has 0 aliphatic rings. The number of methoxy groups -OCH3 is 1. The molecule has 0 aliphatic carbocycles. The first kappa shape index (κ1) is 26.2. The van der Waals surface area contributed by atoms with E-state index in [0.29, 0.717) is 24.6 Å². The van der Waals surface area contributed by atoms with Gasteiger partial charge in [-0.25, -0.2) is 0 Å². The highest BCUT2D eigenvalue weighted by Crippen LogP contribution is 2.19. The average molecular weight is 539 g/mol. The van der Waals surface area contributed by atoms with E-state index in [2.05, 4.69) is 33.9 Å². The fourth-order valence-corrected chi connectivity index (χ4v) is 2.87. The van der Waals surface area contributed by atoms with Crippen molar-refractivity contribution in [3.05, 3.63) is 64.7 Å². The summed E-state index contributed by atoms with van der Waals surface area (Å²) in [5.41, 5.74) is 8.82. The molecule has 0 unspecified atom stereocenters. The lowest BCUT2D eigenvalue weighted by Crippen LogP contribution is -2.37. The molecule has 0 atom stereocenters. The van der Waals surface area contributed by atoms with Gasteiger partial charge in [-0.15, -0.1) is 24.0 Å². The minimum Gasteiger partial charge on any atom is -0.496 e. The number of aryl methyl sites for hydroxylation is 1. The normalized spacial score (nSPS) is 10.6. The Morgan fingerprint density at radius 1 is 1.06 bits per heavy atom. The molecule has 9 heteroatoms. The zero-order valence-corrected chi connectivity index (χ0v) is 20.4. The largest absolute Gasteiger partial charge is 0.496 e. The maximum Gasteiger partial charge on any atom is 0.251 e. The van der Waals surface area contributed by atoms with E-state index in [9.17, 15) is 9.59 Å². The van der Waals surface area contributed by atoms with Crippen LogP contribution in [0.3, 0.4) is 0 Å². The lowest BCUT2D eigenvalue weighted by molar-refractivity contribution is -0.117. The highest BCUT2D eigenvalue weighted by Gasteiger charge is 2.07. The predicted octanol–water partition coefficient (Wildman–Crippen LogP) is 1.74. The fraction of sp³-hybridized carbons (Fsp3) is 0.318. The summed E-state index contributed by atoms with van der Waals surface area (Å²) in [6.07, 6.45) is 0.806. The number of rotatable bonds is 9. The maximum atomic E-state index is 11.9. The van der Waals surface area contributed by atoms with E-state index in [1.807, 2.05) is 24.3 Å². The molecule has 0 bridgehead atoms. The molecule has 8 nitrogen and oxygen atoms in total. The van der Waals surface area contributed by atoms with Gasteiger partial charge in [0.2, 0.25) is 5.91 Å². The molecule has 0 saturated heterocycles. The second-order valence-electron chi connectivity index (χ2n) is 6.76. The summed E-state index contributed by atoms with van der Waals surface area (Å²) in [4.78, 5) is 26.9. The van der Waals surface area contributed by atoms with Crippen LogP contribution in [0, 0.1) is 6.92 Å². The third kappa shape index (κ3) is 8.83. The molecule has 2 rings (SSSR count). The monoisotopic (exact) mass is 539 g/mol. The fourth-order valence-electron chi connectivity index (χ4n) is 2.87. The second kappa shape index (κ2) is 13.5. The van der Waals surface area contributed by atoms with E-state index in [1.54, 1.807) is 26.3 Å². The molecule has 0 spiro atoms. The first-order chi connectivity index (χ1) is 14.4. The Hall–Kier alpha value is -2.82. The molecule has 31 heavy (non-hydrogen) atoms. The maximum absolute atomic E-state index is 11.9. The Bertz CT molecular complexity index is 901. The van der Waals surface area contributed by atoms with Crippen molar-refractivity contribution >= 4 is 41.8 Å². The second-order valence-corrected chi connectivity index (χ2v) is 6.76. The van der Waals surface area contributed by atoms with Crippen molar-refractivity contribution in [2.24, 2.45) is 10.7 Å². The Labute approximate surface area is 200 Å². The number of carbonyl (C=O) groups excluding carboxylic acids is 2. The third-order valence-corrected chi connectivity index (χ3v) is 4.45. The number of guanidine groups is 1. The molecule has 0 heterocycles. The number of ether oxygens (including phenoxy) is 1. The molecule has 0 aliphatic heterocycles. The van der Waals surface area contributed by atoms with Gasteiger partial charge in [-0.2, -0.15) is 0 Å². The molecule has 168 valence electrons. The minimum atomic E-state index is -0.580. The van der Waals surface area contributed by atoms with Crippen molar-refractivity contribution in [3.8, 4) is 5.75 Å². The third-order valence-electron chi connectivity index (χ3n) is 4.45. The van der Waals surface area contributed by atoms with Crippen LogP contribution in [0.25, 0.3) is 0 Å². The summed E-state index contributed by atoms with van der Waals surface area (Å²) in [7, 11) is 3.39. The molecule has 0 fully saturated rings. The number of benzene rings is 2. The SMILES string of the molecule is CN=C(NCCc1cc(C)ccc1OC)NCc1ccc(C(=O)NCC(N)=O)cc1.I. The lowest BCUT2D eigenvalue weighted by atomic mass is 10.1. The summed E-state index contributed by atoms with van der Waals surface area (Å²) in [5, 5.41) is 9.00. The molecule has 2 amide bonds. The van der Waals surface area contributed by atoms with Crippen LogP contribution in [0.4, 0.5) is 0 Å². The van der Waals surface area contributed by atoms with Crippen molar-refractivity contribution in [2.75, 3.05) is 27.2 Å². The van der Waals surface area contributed by atoms with E-state index >= 15 is 0 Å². The highest BCUT2D eigenvalue weighted by molar-refractivity contribution is 14.0. The van der Waals surface area contributed by atoms with Gasteiger partial charge in [-0.3, -0.25) is 14.6 Å². The van der Waals surface area contributed by atoms with Gasteiger partial charge in [0.15, 0.2) is 5.96 Å². The Balaban J connectivity index is 0.00000480. The van der Waals surface area contributed by atoms with Crippen LogP contribution in [0.1, 0.15) is 27.0 Å². The molecule has 0 saturated carbocycles. The van der Waals surface area contributed by atoms with Crippen LogP contribution < -0.4 is 26.4 Å². The first-order valence-electron chi connectivity index (χ1n) is 9.66. The van der Waals surface area contributed by atoms with Gasteiger partial charge in [0.1, 0.15) is 5.75 Å². The Morgan fingerprint density at radius 2 is 1.77 bits per heavy atom. The number of hydrogen-bond donors (Lipinski definition) is 4. The number of nitrogens with two attached hydrogens (primary N) is 1. The number of primary amides is 1. The minimum absolute atomic E-state index is 0. The zero-order chi connectivity index (χ0) is 21.9. The van der Waals surface area contributed by atoms with Crippen molar-refractivity contribution in [2.45, 2.75) is 19.9 Å². The molecule has 0 aromatic heterocycles. The number of amides is 2. The topological polar surface area (TPSA) is 118 Å². The van der Waals surface area contributed by atoms with Gasteiger partial charge in [0.25, 0.3) is 5.91 Å². The van der Waals surface area contributed by atoms with E-state index in [1.165, 1.54) is 5.56 Å². The Morgan fingerprint density at radius 3 is 2.39 bits per heavy atom. The van der Waals surface area contributed by atoms with Crippen LogP contribution in [-0.4, -0.2) is 45.0 Å². The number of aliphatic imine (C=N–C) groups is 1. The van der Waals surface area contributed by atoms with Crippen LogP contribution in [0.5, 0.6) is 5.75 Å². The summed E-state index contributed by atoms with van der Waals surface area (Å²) < 4.78 is 5.42. The first-order valence-corrected chi connectivity index (χ1v) is 9.66. The van der Waals surface area contributed by atoms with Gasteiger partial charge >= 0.3 is 0 Å². The molecule has 0 radical (unpaired) electrons. The van der Waals surface area contributed by atoms with E-state index < -0.39 is 5.91 Å². The van der Waals surface area contributed by atoms with E-state index in [-0.39, 0.29) is 36.4 Å². The highest BCUT2D eigenvalue weighted by atomic mass is 127. The van der Waals surface area contributed by atoms with Crippen molar-refractivity contribution in [3.63, 3.8) is 0 Å². The summed E-state index contributed by atoms with van der Waals surface area (Å²) in [6, 6.07) is 13.2. The standard InChI is InChI=1S/C22H29N5O3.HI/c1-15-4-9-19(30-3)18(12-15)10-11-25-22(24-2)27-13-16-5-7-17(8-6-16)21(29)26-14-20(23)28;/h4-9,12H,10-11,13-14H2,1-3H3,(H2,23,28)(H,26,29)(H2,24,25,27);1H. The summed E-state index contributed by atoms with van der Waals surface area (Å²) >= 11 is 0. The number of halogens is 1. The molecule has 2 aromatic rings. The van der Waals surface area contributed by atoms with Gasteiger partial charge in [0, 0.05) is 25.7 Å². The summed E-state index contributed by atoms with van der Waals surface area (Å²) in [6.45, 7) is 3.14. The summed E-state index contributed by atoms with van der Waals surface area (Å²) in [5.74, 6) is 0.649. The van der Waals surface area contributed by atoms with Crippen LogP contribution >= 0.6 is 24.0 Å². The molecular weight excluding hydrogens is 509 g/mol. The van der Waals surface area contributed by atoms with Crippen LogP contribution in [0.15, 0.2) is 47.5 Å². The quantitative estimate of drug-likeness (QED) is 0.220. The van der Waals surface area contributed by atoms with Crippen molar-refractivity contribution < 1.29 is 14.3 Å². The van der Waals surface area contributed by atoms with Crippen molar-refractivity contribution in [1.82, 2.24) is 16.0 Å². The number of nitrogens with one attached hydrogen (secondary N) is 3. The van der Waals surface area contributed by atoms with Crippen LogP contribution in [0.2, 0.25) is 0 Å². The Kier molecular flexibility index (Phi) is 11.4. The average Bonchev–Trinajstić information content (AvgIpc) is 2.75. The predicted molar refractivity (Wildman–Crippen MR) is 133 cm³/mol. The number of nitrogens with zero attached hydrogens (tertiary/aromatic N) is 1.